The molecular formula is C25H31BrN2O6. The van der Waals surface area contributed by atoms with Crippen molar-refractivity contribution in [1.29, 1.82) is 0 Å². The van der Waals surface area contributed by atoms with E-state index in [1.807, 2.05) is 24.9 Å². The molecule has 3 heterocycles. The smallest absolute Gasteiger partial charge is 0.344 e. The van der Waals surface area contributed by atoms with Crippen LogP contribution in [0.25, 0.3) is 0 Å². The third-order valence-electron chi connectivity index (χ3n) is 8.68. The molecule has 1 aliphatic carbocycles. The van der Waals surface area contributed by atoms with Crippen molar-refractivity contribution in [2.45, 2.75) is 55.9 Å². The van der Waals surface area contributed by atoms with E-state index in [-0.39, 0.29) is 6.04 Å². The molecule has 1 aromatic rings. The van der Waals surface area contributed by atoms with Crippen LogP contribution in [-0.2, 0) is 24.5 Å². The second-order valence-corrected chi connectivity index (χ2v) is 10.7. The first kappa shape index (κ1) is 23.6. The molecule has 1 saturated heterocycles. The van der Waals surface area contributed by atoms with Crippen molar-refractivity contribution in [3.63, 3.8) is 0 Å². The van der Waals surface area contributed by atoms with Crippen molar-refractivity contribution in [2.75, 3.05) is 39.3 Å². The van der Waals surface area contributed by atoms with Gasteiger partial charge < -0.3 is 24.2 Å². The molecule has 3 aliphatic heterocycles. The highest BCUT2D eigenvalue weighted by Crippen LogP contribution is 2.67. The van der Waals surface area contributed by atoms with Gasteiger partial charge in [-0.15, -0.1) is 0 Å². The maximum Gasteiger partial charge on any atom is 0.344 e. The molecule has 1 aromatic carbocycles. The Kier molecular flexibility index (Phi) is 5.35. The predicted molar refractivity (Wildman–Crippen MR) is 129 cm³/mol. The second kappa shape index (κ2) is 7.70. The van der Waals surface area contributed by atoms with E-state index in [9.17, 15) is 14.7 Å². The summed E-state index contributed by atoms with van der Waals surface area (Å²) in [6.07, 6.45) is 4.34. The number of methoxy groups -OCH3 is 2. The summed E-state index contributed by atoms with van der Waals surface area (Å²) < 4.78 is 17.5. The minimum atomic E-state index is -2.10. The number of ether oxygens (including phenoxy) is 3. The summed E-state index contributed by atoms with van der Waals surface area (Å²) in [6.45, 7) is 4.91. The lowest BCUT2D eigenvalue weighted by molar-refractivity contribution is -0.228. The van der Waals surface area contributed by atoms with Crippen LogP contribution >= 0.6 is 15.9 Å². The number of rotatable bonds is 4. The topological polar surface area (TPSA) is 88.5 Å². The lowest BCUT2D eigenvalue weighted by atomic mass is 9.47. The van der Waals surface area contributed by atoms with Crippen LogP contribution < -0.4 is 9.64 Å². The maximum atomic E-state index is 13.6. The van der Waals surface area contributed by atoms with E-state index in [1.54, 1.807) is 7.11 Å². The zero-order valence-electron chi connectivity index (χ0n) is 20.1. The number of carbonyl (C=O) groups excluding carboxylic acids is 2. The molecule has 6 atom stereocenters. The Labute approximate surface area is 207 Å². The average Bonchev–Trinajstić information content (AvgIpc) is 3.32. The molecule has 8 nitrogen and oxygen atoms in total. The summed E-state index contributed by atoms with van der Waals surface area (Å²) in [4.78, 5) is 30.3. The van der Waals surface area contributed by atoms with Gasteiger partial charge in [0, 0.05) is 49.1 Å². The molecule has 1 N–H and O–H groups in total. The average molecular weight is 535 g/mol. The quantitative estimate of drug-likeness (QED) is 0.465. The zero-order chi connectivity index (χ0) is 24.6. The highest BCUT2D eigenvalue weighted by Gasteiger charge is 2.80. The first-order valence-corrected chi connectivity index (χ1v) is 12.4. The van der Waals surface area contributed by atoms with E-state index in [0.717, 1.165) is 35.2 Å². The molecule has 1 spiro atoms. The molecule has 0 amide bonds. The lowest BCUT2D eigenvalue weighted by Crippen LogP contribution is -2.81. The molecule has 0 aromatic heterocycles. The third-order valence-corrected chi connectivity index (χ3v) is 9.30. The number of carbonyl (C=O) groups is 2. The van der Waals surface area contributed by atoms with Gasteiger partial charge in [0.1, 0.15) is 5.75 Å². The number of esters is 2. The summed E-state index contributed by atoms with van der Waals surface area (Å²) >= 11 is 3.65. The molecule has 9 heteroatoms. The Morgan fingerprint density at radius 2 is 2.00 bits per heavy atom. The fraction of sp³-hybridized carbons (Fsp3) is 0.600. The Balaban J connectivity index is 1.88. The number of nitrogens with zero attached hydrogens (tertiary/aromatic N) is 2. The summed E-state index contributed by atoms with van der Waals surface area (Å²) in [5, 5.41) is 12.5. The summed E-state index contributed by atoms with van der Waals surface area (Å²) in [5.74, 6) is -0.671. The van der Waals surface area contributed by atoms with Crippen LogP contribution in [0, 0.1) is 5.41 Å². The molecule has 34 heavy (non-hydrogen) atoms. The molecule has 0 bridgehead atoms. The SMILES string of the molecule is CC[C@]12C=CCN3CC[C@@]4(c5cc(Br)c(OC)cc5N(C)[C@@H]4[C@](O)(C(=O)OC)[C@@H]1OC(C)=O)[C@@H]32. The summed E-state index contributed by atoms with van der Waals surface area (Å²) in [5.41, 5.74) is -1.54. The van der Waals surface area contributed by atoms with Gasteiger partial charge in [0.25, 0.3) is 0 Å². The Hall–Kier alpha value is -2.10. The van der Waals surface area contributed by atoms with Crippen molar-refractivity contribution in [3.8, 4) is 5.75 Å². The Bertz CT molecular complexity index is 1090. The fourth-order valence-electron chi connectivity index (χ4n) is 7.71. The van der Waals surface area contributed by atoms with Crippen LogP contribution in [0.15, 0.2) is 28.8 Å². The highest BCUT2D eigenvalue weighted by molar-refractivity contribution is 9.10. The highest BCUT2D eigenvalue weighted by atomic mass is 79.9. The minimum absolute atomic E-state index is 0.0849. The number of hydrogen-bond acceptors (Lipinski definition) is 8. The van der Waals surface area contributed by atoms with Crippen molar-refractivity contribution in [2.24, 2.45) is 5.41 Å². The first-order chi connectivity index (χ1) is 16.1. The Morgan fingerprint density at radius 1 is 1.26 bits per heavy atom. The molecular weight excluding hydrogens is 504 g/mol. The standard InChI is InChI=1S/C25H31BrN2O6/c1-6-23-8-7-10-28-11-9-24(19(23)28)15-12-16(26)18(32-4)13-17(15)27(3)20(24)25(31,22(30)33-5)21(23)34-14(2)29/h7-8,12-13,19-21,31H,6,9-11H2,1-5H3/t19-,20-,21+,23+,24+,25+/m0/s1. The van der Waals surface area contributed by atoms with Gasteiger partial charge in [-0.1, -0.05) is 19.1 Å². The lowest BCUT2D eigenvalue weighted by Gasteiger charge is -2.63. The number of halogens is 1. The van der Waals surface area contributed by atoms with E-state index < -0.39 is 40.5 Å². The third kappa shape index (κ3) is 2.61. The van der Waals surface area contributed by atoms with Crippen LogP contribution in [0.5, 0.6) is 5.75 Å². The van der Waals surface area contributed by atoms with Crippen LogP contribution in [-0.4, -0.2) is 80.1 Å². The van der Waals surface area contributed by atoms with Crippen LogP contribution in [0.1, 0.15) is 32.3 Å². The van der Waals surface area contributed by atoms with Crippen LogP contribution in [0.3, 0.4) is 0 Å². The molecule has 0 unspecified atom stereocenters. The van der Waals surface area contributed by atoms with Gasteiger partial charge in [0.15, 0.2) is 6.10 Å². The molecule has 4 aliphatic rings. The van der Waals surface area contributed by atoms with Crippen molar-refractivity contribution in [3.05, 3.63) is 34.3 Å². The molecule has 0 radical (unpaired) electrons. The van der Waals surface area contributed by atoms with Gasteiger partial charge in [-0.05, 0) is 46.9 Å². The van der Waals surface area contributed by atoms with E-state index >= 15 is 0 Å². The van der Waals surface area contributed by atoms with Crippen molar-refractivity contribution < 1.29 is 28.9 Å². The minimum Gasteiger partial charge on any atom is -0.495 e. The van der Waals surface area contributed by atoms with Crippen LogP contribution in [0.4, 0.5) is 5.69 Å². The van der Waals surface area contributed by atoms with Gasteiger partial charge in [-0.2, -0.15) is 0 Å². The monoisotopic (exact) mass is 534 g/mol. The molecule has 1 saturated carbocycles. The number of fused-ring (bicyclic) bond motifs is 1. The number of aliphatic hydroxyl groups is 1. The van der Waals surface area contributed by atoms with Crippen molar-refractivity contribution in [1.82, 2.24) is 4.90 Å². The Morgan fingerprint density at radius 3 is 2.62 bits per heavy atom. The normalized spacial score (nSPS) is 37.6. The zero-order valence-corrected chi connectivity index (χ0v) is 21.7. The molecule has 184 valence electrons. The van der Waals surface area contributed by atoms with E-state index in [4.69, 9.17) is 14.2 Å². The van der Waals surface area contributed by atoms with Crippen LogP contribution in [0.2, 0.25) is 0 Å². The molecule has 2 fully saturated rings. The largest absolute Gasteiger partial charge is 0.495 e. The summed E-state index contributed by atoms with van der Waals surface area (Å²) in [6, 6.07) is 3.22. The second-order valence-electron chi connectivity index (χ2n) is 9.88. The van der Waals surface area contributed by atoms with E-state index in [1.165, 1.54) is 14.0 Å². The number of benzene rings is 1. The summed E-state index contributed by atoms with van der Waals surface area (Å²) in [7, 11) is 4.76. The van der Waals surface area contributed by atoms with E-state index in [2.05, 4.69) is 39.0 Å². The van der Waals surface area contributed by atoms with Gasteiger partial charge >= 0.3 is 11.9 Å². The number of hydrogen-bond donors (Lipinski definition) is 1. The van der Waals surface area contributed by atoms with Gasteiger partial charge in [-0.25, -0.2) is 4.79 Å². The number of likely N-dealkylation sites (N-methyl/N-ethyl adjacent to an activating group) is 1. The van der Waals surface area contributed by atoms with E-state index in [0.29, 0.717) is 12.2 Å². The first-order valence-electron chi connectivity index (χ1n) is 11.6. The van der Waals surface area contributed by atoms with Crippen molar-refractivity contribution >= 4 is 33.6 Å². The predicted octanol–water partition coefficient (Wildman–Crippen LogP) is 2.40. The fourth-order valence-corrected chi connectivity index (χ4v) is 8.22. The maximum absolute atomic E-state index is 13.6. The van der Waals surface area contributed by atoms with Gasteiger partial charge in [0.2, 0.25) is 5.60 Å². The molecule has 5 rings (SSSR count). The van der Waals surface area contributed by atoms with Gasteiger partial charge in [-0.3, -0.25) is 9.69 Å². The number of anilines is 1. The van der Waals surface area contributed by atoms with Gasteiger partial charge in [0.05, 0.1) is 24.7 Å².